The van der Waals surface area contributed by atoms with Crippen molar-refractivity contribution in [1.82, 2.24) is 10.2 Å². The van der Waals surface area contributed by atoms with Crippen LogP contribution in [-0.4, -0.2) is 29.3 Å². The van der Waals surface area contributed by atoms with Crippen molar-refractivity contribution in [2.24, 2.45) is 0 Å². The largest absolute Gasteiger partial charge is 0.298 e. The molecule has 2 aromatic rings. The average Bonchev–Trinajstić information content (AvgIpc) is 2.83. The minimum atomic E-state index is -0.289. The van der Waals surface area contributed by atoms with Crippen LogP contribution in [0.25, 0.3) is 10.1 Å². The number of carbonyl (C=O) groups is 2. The Labute approximate surface area is 115 Å². The van der Waals surface area contributed by atoms with Gasteiger partial charge in [-0.2, -0.15) is 0 Å². The topological polar surface area (TPSA) is 49.4 Å². The van der Waals surface area contributed by atoms with Crippen LogP contribution < -0.4 is 5.32 Å². The third kappa shape index (κ3) is 2.15. The molecule has 2 amide bonds. The number of piperazine rings is 1. The lowest BCUT2D eigenvalue weighted by Crippen LogP contribution is -2.56. The molecule has 0 bridgehead atoms. The van der Waals surface area contributed by atoms with Crippen LogP contribution in [0.2, 0.25) is 0 Å². The summed E-state index contributed by atoms with van der Waals surface area (Å²) in [6, 6.07) is 7.76. The molecule has 2 heterocycles. The van der Waals surface area contributed by atoms with Crippen molar-refractivity contribution in [3.05, 3.63) is 35.2 Å². The zero-order valence-electron chi connectivity index (χ0n) is 10.6. The number of benzene rings is 1. The number of nitrogens with one attached hydrogen (secondary N) is 1. The number of amides is 2. The van der Waals surface area contributed by atoms with E-state index in [1.54, 1.807) is 18.3 Å². The van der Waals surface area contributed by atoms with Crippen molar-refractivity contribution < 1.29 is 9.59 Å². The standard InChI is InChI=1S/C14H14N2O2S/c1-9-14(18)16(13(17)6-15-9)7-10-8-19-12-5-3-2-4-11(10)12/h2-5,8-9,15H,6-7H2,1H3. The van der Waals surface area contributed by atoms with Crippen LogP contribution in [0.3, 0.4) is 0 Å². The number of hydrogen-bond donors (Lipinski definition) is 1. The van der Waals surface area contributed by atoms with E-state index in [9.17, 15) is 9.59 Å². The molecule has 1 aromatic heterocycles. The van der Waals surface area contributed by atoms with Gasteiger partial charge in [0.1, 0.15) is 0 Å². The van der Waals surface area contributed by atoms with Crippen molar-refractivity contribution in [3.63, 3.8) is 0 Å². The molecule has 0 spiro atoms. The van der Waals surface area contributed by atoms with Crippen LogP contribution in [0.1, 0.15) is 12.5 Å². The SMILES string of the molecule is CC1NCC(=O)N(Cc2csc3ccccc23)C1=O. The fourth-order valence-corrected chi connectivity index (χ4v) is 3.23. The van der Waals surface area contributed by atoms with E-state index < -0.39 is 0 Å². The molecule has 1 aliphatic rings. The molecule has 1 aromatic carbocycles. The summed E-state index contributed by atoms with van der Waals surface area (Å²) in [6.45, 7) is 2.39. The van der Waals surface area contributed by atoms with Crippen LogP contribution in [0.5, 0.6) is 0 Å². The first-order valence-corrected chi connectivity index (χ1v) is 7.07. The molecule has 1 saturated heterocycles. The van der Waals surface area contributed by atoms with E-state index in [0.29, 0.717) is 6.54 Å². The molecule has 0 radical (unpaired) electrons. The van der Waals surface area contributed by atoms with Crippen LogP contribution in [0, 0.1) is 0 Å². The number of fused-ring (bicyclic) bond motifs is 1. The summed E-state index contributed by atoms with van der Waals surface area (Å²) >= 11 is 1.64. The highest BCUT2D eigenvalue weighted by Gasteiger charge is 2.31. The molecule has 0 saturated carbocycles. The van der Waals surface area contributed by atoms with Crippen molar-refractivity contribution in [2.75, 3.05) is 6.54 Å². The molecule has 5 heteroatoms. The lowest BCUT2D eigenvalue weighted by molar-refractivity contribution is -0.149. The molecular weight excluding hydrogens is 260 g/mol. The number of imide groups is 1. The van der Waals surface area contributed by atoms with E-state index in [1.165, 1.54) is 9.60 Å². The fraction of sp³-hybridized carbons (Fsp3) is 0.286. The highest BCUT2D eigenvalue weighted by molar-refractivity contribution is 7.17. The van der Waals surface area contributed by atoms with Gasteiger partial charge < -0.3 is 0 Å². The van der Waals surface area contributed by atoms with Gasteiger partial charge in [-0.3, -0.25) is 19.8 Å². The zero-order chi connectivity index (χ0) is 13.4. The fourth-order valence-electron chi connectivity index (χ4n) is 2.27. The summed E-state index contributed by atoms with van der Waals surface area (Å²) in [6.07, 6.45) is 0. The summed E-state index contributed by atoms with van der Waals surface area (Å²) in [5.74, 6) is -0.301. The zero-order valence-corrected chi connectivity index (χ0v) is 11.4. The third-order valence-corrected chi connectivity index (χ3v) is 4.40. The second-order valence-electron chi connectivity index (χ2n) is 4.68. The number of carbonyl (C=O) groups excluding carboxylic acids is 2. The first-order valence-electron chi connectivity index (χ1n) is 6.19. The van der Waals surface area contributed by atoms with Gasteiger partial charge in [0.15, 0.2) is 0 Å². The summed E-state index contributed by atoms with van der Waals surface area (Å²) in [4.78, 5) is 25.3. The van der Waals surface area contributed by atoms with Gasteiger partial charge in [0.05, 0.1) is 19.1 Å². The summed E-state index contributed by atoms with van der Waals surface area (Å²) in [7, 11) is 0. The van der Waals surface area contributed by atoms with Gasteiger partial charge in [-0.05, 0) is 29.3 Å². The summed E-state index contributed by atoms with van der Waals surface area (Å²) < 4.78 is 1.18. The van der Waals surface area contributed by atoms with Gasteiger partial charge in [-0.25, -0.2) is 0 Å². The lowest BCUT2D eigenvalue weighted by Gasteiger charge is -2.29. The third-order valence-electron chi connectivity index (χ3n) is 3.39. The monoisotopic (exact) mass is 274 g/mol. The van der Waals surface area contributed by atoms with Crippen LogP contribution in [-0.2, 0) is 16.1 Å². The van der Waals surface area contributed by atoms with E-state index in [0.717, 1.165) is 10.9 Å². The molecule has 1 unspecified atom stereocenters. The quantitative estimate of drug-likeness (QED) is 0.849. The van der Waals surface area contributed by atoms with E-state index in [1.807, 2.05) is 29.6 Å². The Morgan fingerprint density at radius 1 is 1.37 bits per heavy atom. The average molecular weight is 274 g/mol. The predicted octanol–water partition coefficient (Wildman–Crippen LogP) is 1.75. The molecule has 1 fully saturated rings. The number of rotatable bonds is 2. The van der Waals surface area contributed by atoms with Gasteiger partial charge in [0, 0.05) is 4.70 Å². The first kappa shape index (κ1) is 12.3. The highest BCUT2D eigenvalue weighted by Crippen LogP contribution is 2.27. The van der Waals surface area contributed by atoms with Crippen molar-refractivity contribution in [1.29, 1.82) is 0 Å². The first-order chi connectivity index (χ1) is 9.16. The maximum atomic E-state index is 12.0. The maximum absolute atomic E-state index is 12.0. The van der Waals surface area contributed by atoms with Gasteiger partial charge in [-0.1, -0.05) is 18.2 Å². The Morgan fingerprint density at radius 2 is 2.16 bits per heavy atom. The lowest BCUT2D eigenvalue weighted by atomic mass is 10.1. The van der Waals surface area contributed by atoms with Crippen molar-refractivity contribution in [3.8, 4) is 0 Å². The number of hydrogen-bond acceptors (Lipinski definition) is 4. The Morgan fingerprint density at radius 3 is 3.00 bits per heavy atom. The van der Waals surface area contributed by atoms with E-state index >= 15 is 0 Å². The molecule has 1 atom stereocenters. The Hall–Kier alpha value is -1.72. The van der Waals surface area contributed by atoms with E-state index in [4.69, 9.17) is 0 Å². The second-order valence-corrected chi connectivity index (χ2v) is 5.59. The number of thiophene rings is 1. The predicted molar refractivity (Wildman–Crippen MR) is 74.8 cm³/mol. The normalized spacial score (nSPS) is 20.3. The molecule has 1 aliphatic heterocycles. The van der Waals surface area contributed by atoms with Crippen LogP contribution >= 0.6 is 11.3 Å². The minimum Gasteiger partial charge on any atom is -0.298 e. The van der Waals surface area contributed by atoms with Crippen molar-refractivity contribution >= 4 is 33.2 Å². The molecule has 98 valence electrons. The van der Waals surface area contributed by atoms with Gasteiger partial charge in [-0.15, -0.1) is 11.3 Å². The second kappa shape index (κ2) is 4.75. The molecule has 0 aliphatic carbocycles. The maximum Gasteiger partial charge on any atom is 0.246 e. The minimum absolute atomic E-state index is 0.147. The molecular formula is C14H14N2O2S. The smallest absolute Gasteiger partial charge is 0.246 e. The molecule has 3 rings (SSSR count). The molecule has 19 heavy (non-hydrogen) atoms. The van der Waals surface area contributed by atoms with Crippen molar-refractivity contribution in [2.45, 2.75) is 19.5 Å². The Bertz CT molecular complexity index is 650. The molecule has 1 N–H and O–H groups in total. The highest BCUT2D eigenvalue weighted by atomic mass is 32.1. The van der Waals surface area contributed by atoms with E-state index in [2.05, 4.69) is 5.32 Å². The van der Waals surface area contributed by atoms with Gasteiger partial charge in [0.25, 0.3) is 0 Å². The molecule has 4 nitrogen and oxygen atoms in total. The Kier molecular flexibility index (Phi) is 3.08. The van der Waals surface area contributed by atoms with Crippen LogP contribution in [0.4, 0.5) is 0 Å². The summed E-state index contributed by atoms with van der Waals surface area (Å²) in [5, 5.41) is 6.04. The van der Waals surface area contributed by atoms with Gasteiger partial charge in [0.2, 0.25) is 11.8 Å². The Balaban J connectivity index is 1.91. The summed E-state index contributed by atoms with van der Waals surface area (Å²) in [5.41, 5.74) is 1.04. The van der Waals surface area contributed by atoms with Gasteiger partial charge >= 0.3 is 0 Å². The number of nitrogens with zero attached hydrogens (tertiary/aromatic N) is 1. The van der Waals surface area contributed by atoms with E-state index in [-0.39, 0.29) is 24.4 Å². The van der Waals surface area contributed by atoms with Crippen LogP contribution in [0.15, 0.2) is 29.6 Å².